The summed E-state index contributed by atoms with van der Waals surface area (Å²) in [5.41, 5.74) is 4.85. The van der Waals surface area contributed by atoms with Crippen molar-refractivity contribution in [2.24, 2.45) is 7.05 Å². The van der Waals surface area contributed by atoms with Gasteiger partial charge in [-0.2, -0.15) is 4.98 Å². The summed E-state index contributed by atoms with van der Waals surface area (Å²) in [6, 6.07) is 12.5. The van der Waals surface area contributed by atoms with E-state index in [1.165, 1.54) is 17.5 Å². The van der Waals surface area contributed by atoms with Gasteiger partial charge in [0.15, 0.2) is 0 Å². The van der Waals surface area contributed by atoms with Crippen LogP contribution in [0.5, 0.6) is 0 Å². The van der Waals surface area contributed by atoms with Crippen molar-refractivity contribution in [3.63, 3.8) is 0 Å². The minimum Gasteiger partial charge on any atom is -0.296 e. The van der Waals surface area contributed by atoms with Crippen molar-refractivity contribution in [1.29, 1.82) is 0 Å². The molecule has 2 aromatic heterocycles. The number of aromatic nitrogens is 5. The van der Waals surface area contributed by atoms with Crippen LogP contribution in [0.25, 0.3) is 16.6 Å². The number of sulfonamides is 1. The lowest BCUT2D eigenvalue weighted by molar-refractivity contribution is 0.308. The molecular formula is C34H39ClN6O3S. The number of aryl methyl sites for hydroxylation is 1. The van der Waals surface area contributed by atoms with Crippen LogP contribution in [0, 0.1) is 0 Å². The highest BCUT2D eigenvalue weighted by molar-refractivity contribution is 7.89. The van der Waals surface area contributed by atoms with Gasteiger partial charge in [0.2, 0.25) is 10.0 Å². The lowest BCUT2D eigenvalue weighted by atomic mass is 9.69. The van der Waals surface area contributed by atoms with Gasteiger partial charge in [0, 0.05) is 32.3 Å². The Bertz CT molecular complexity index is 1950. The topological polar surface area (TPSA) is 103 Å². The van der Waals surface area contributed by atoms with Gasteiger partial charge in [0.25, 0.3) is 5.56 Å². The zero-order valence-corrected chi connectivity index (χ0v) is 27.2. The van der Waals surface area contributed by atoms with Gasteiger partial charge >= 0.3 is 0 Å². The van der Waals surface area contributed by atoms with Crippen LogP contribution in [-0.4, -0.2) is 55.6 Å². The number of benzene rings is 2. The van der Waals surface area contributed by atoms with Crippen molar-refractivity contribution in [3.05, 3.63) is 80.6 Å². The van der Waals surface area contributed by atoms with Crippen molar-refractivity contribution in [2.45, 2.75) is 93.1 Å². The van der Waals surface area contributed by atoms with Crippen LogP contribution in [0.2, 0.25) is 5.02 Å². The molecule has 1 spiro atoms. The number of halogens is 1. The molecule has 2 saturated carbocycles. The number of nitrogens with zero attached hydrogens (tertiary/aromatic N) is 6. The van der Waals surface area contributed by atoms with Crippen LogP contribution >= 0.6 is 11.6 Å². The summed E-state index contributed by atoms with van der Waals surface area (Å²) in [5, 5.41) is 8.90. The first-order valence-electron chi connectivity index (χ1n) is 16.5. The maximum Gasteiger partial charge on any atom is 0.282 e. The first-order valence-corrected chi connectivity index (χ1v) is 18.4. The fourth-order valence-corrected chi connectivity index (χ4v) is 11.1. The Hall–Kier alpha value is -3.08. The Labute approximate surface area is 268 Å². The van der Waals surface area contributed by atoms with E-state index >= 15 is 0 Å². The molecule has 0 atom stereocenters. The molecule has 8 rings (SSSR count). The molecule has 4 heterocycles. The third kappa shape index (κ3) is 4.69. The second-order valence-electron chi connectivity index (χ2n) is 13.6. The van der Waals surface area contributed by atoms with Crippen molar-refractivity contribution in [1.82, 2.24) is 28.9 Å². The molecule has 0 radical (unpaired) electrons. The standard InChI is InChI=1S/C34H39ClN6O3S/c1-39-21-28(37-38-39)23-8-11-25(12-9-23)45(43,44)40-18-14-22(15-19-40)24-10-13-26-30(20-24)41-29-7-5-6-27(35)31(29)32(42)36-33(41)34(26)16-3-2-4-17-34/h5-7,10,13,20-23,25H,2-4,8-9,11-12,14-19H2,1H3. The maximum absolute atomic E-state index is 13.7. The molecule has 2 aromatic carbocycles. The van der Waals surface area contributed by atoms with E-state index in [9.17, 15) is 13.2 Å². The van der Waals surface area contributed by atoms with Crippen LogP contribution in [0.4, 0.5) is 0 Å². The van der Waals surface area contributed by atoms with Crippen LogP contribution in [0.3, 0.4) is 0 Å². The van der Waals surface area contributed by atoms with E-state index in [2.05, 4.69) is 33.1 Å². The number of piperidine rings is 1. The molecule has 0 bridgehead atoms. The van der Waals surface area contributed by atoms with Gasteiger partial charge in [-0.25, -0.2) is 12.7 Å². The molecule has 11 heteroatoms. The normalized spacial score (nSPS) is 23.8. The zero-order valence-electron chi connectivity index (χ0n) is 25.7. The first kappa shape index (κ1) is 29.3. The summed E-state index contributed by atoms with van der Waals surface area (Å²) in [6.45, 7) is 1.09. The Kier molecular flexibility index (Phi) is 7.18. The van der Waals surface area contributed by atoms with Gasteiger partial charge in [-0.3, -0.25) is 14.0 Å². The Morgan fingerprint density at radius 3 is 2.40 bits per heavy atom. The smallest absolute Gasteiger partial charge is 0.282 e. The number of hydrogen-bond donors (Lipinski definition) is 0. The van der Waals surface area contributed by atoms with E-state index in [0.29, 0.717) is 36.3 Å². The van der Waals surface area contributed by atoms with Crippen LogP contribution < -0.4 is 5.56 Å². The van der Waals surface area contributed by atoms with E-state index in [0.717, 1.165) is 74.1 Å². The minimum absolute atomic E-state index is 0.254. The predicted molar refractivity (Wildman–Crippen MR) is 175 cm³/mol. The molecule has 0 unspecified atom stereocenters. The molecule has 0 amide bonds. The average Bonchev–Trinajstić information content (AvgIpc) is 3.60. The third-order valence-corrected chi connectivity index (χ3v) is 13.9. The number of fused-ring (bicyclic) bond motifs is 7. The van der Waals surface area contributed by atoms with Gasteiger partial charge in [0.05, 0.1) is 38.0 Å². The highest BCUT2D eigenvalue weighted by Gasteiger charge is 2.47. The van der Waals surface area contributed by atoms with Crippen molar-refractivity contribution < 1.29 is 8.42 Å². The highest BCUT2D eigenvalue weighted by Crippen LogP contribution is 2.52. The van der Waals surface area contributed by atoms with Gasteiger partial charge in [-0.05, 0) is 86.6 Å². The lowest BCUT2D eigenvalue weighted by Gasteiger charge is -2.36. The van der Waals surface area contributed by atoms with Crippen LogP contribution in [-0.2, 0) is 22.5 Å². The summed E-state index contributed by atoms with van der Waals surface area (Å²) in [7, 11) is -1.49. The number of rotatable bonds is 4. The average molecular weight is 647 g/mol. The summed E-state index contributed by atoms with van der Waals surface area (Å²) in [4.78, 5) is 18.0. The molecule has 9 nitrogen and oxygen atoms in total. The maximum atomic E-state index is 13.7. The SMILES string of the molecule is Cn1cc(C2CCC(S(=O)(=O)N3CCC(c4ccc5c(c4)-n4c(nc(=O)c6c(Cl)cccc64)C54CCCCC4)CC3)CC2)nn1. The largest absolute Gasteiger partial charge is 0.296 e. The Morgan fingerprint density at radius 2 is 1.69 bits per heavy atom. The molecule has 236 valence electrons. The summed E-state index contributed by atoms with van der Waals surface area (Å²) in [6.07, 6.45) is 11.9. The molecule has 4 aliphatic rings. The van der Waals surface area contributed by atoms with Gasteiger partial charge in [-0.1, -0.05) is 54.3 Å². The van der Waals surface area contributed by atoms with Gasteiger partial charge < -0.3 is 0 Å². The quantitative estimate of drug-likeness (QED) is 0.271. The van der Waals surface area contributed by atoms with E-state index in [1.54, 1.807) is 15.1 Å². The molecule has 4 aromatic rings. The second-order valence-corrected chi connectivity index (χ2v) is 16.3. The van der Waals surface area contributed by atoms with Crippen molar-refractivity contribution in [2.75, 3.05) is 13.1 Å². The lowest BCUT2D eigenvalue weighted by Crippen LogP contribution is -2.44. The number of hydrogen-bond acceptors (Lipinski definition) is 6. The molecule has 3 fully saturated rings. The molecule has 2 aliphatic heterocycles. The third-order valence-electron chi connectivity index (χ3n) is 11.2. The Morgan fingerprint density at radius 1 is 0.933 bits per heavy atom. The van der Waals surface area contributed by atoms with E-state index in [-0.39, 0.29) is 28.1 Å². The monoisotopic (exact) mass is 646 g/mol. The van der Waals surface area contributed by atoms with Crippen LogP contribution in [0.15, 0.2) is 47.4 Å². The molecule has 45 heavy (non-hydrogen) atoms. The molecular weight excluding hydrogens is 608 g/mol. The van der Waals surface area contributed by atoms with Gasteiger partial charge in [0.1, 0.15) is 5.82 Å². The summed E-state index contributed by atoms with van der Waals surface area (Å²) in [5.74, 6) is 1.40. The molecule has 2 aliphatic carbocycles. The molecule has 0 N–H and O–H groups in total. The highest BCUT2D eigenvalue weighted by atomic mass is 35.5. The first-order chi connectivity index (χ1) is 21.8. The fourth-order valence-electron chi connectivity index (χ4n) is 8.82. The van der Waals surface area contributed by atoms with E-state index < -0.39 is 10.0 Å². The van der Waals surface area contributed by atoms with E-state index in [4.69, 9.17) is 16.6 Å². The van der Waals surface area contributed by atoms with Crippen molar-refractivity contribution >= 4 is 32.5 Å². The molecule has 1 saturated heterocycles. The van der Waals surface area contributed by atoms with Crippen LogP contribution in [0.1, 0.15) is 105 Å². The van der Waals surface area contributed by atoms with E-state index in [1.807, 2.05) is 25.4 Å². The fraction of sp³-hybridized carbons (Fsp3) is 0.529. The summed E-state index contributed by atoms with van der Waals surface area (Å²) >= 11 is 6.55. The minimum atomic E-state index is -3.35. The Balaban J connectivity index is 1.05. The predicted octanol–water partition coefficient (Wildman–Crippen LogP) is 5.97. The van der Waals surface area contributed by atoms with Crippen molar-refractivity contribution in [3.8, 4) is 5.69 Å². The summed E-state index contributed by atoms with van der Waals surface area (Å²) < 4.78 is 33.1. The van der Waals surface area contributed by atoms with Gasteiger partial charge in [-0.15, -0.1) is 5.10 Å². The zero-order chi connectivity index (χ0) is 30.9. The second kappa shape index (κ2) is 11.0.